The van der Waals surface area contributed by atoms with Gasteiger partial charge in [-0.05, 0) is 19.8 Å². The van der Waals surface area contributed by atoms with Crippen LogP contribution in [0.3, 0.4) is 0 Å². The van der Waals surface area contributed by atoms with Crippen molar-refractivity contribution in [2.24, 2.45) is 0 Å². The van der Waals surface area contributed by atoms with Crippen molar-refractivity contribution in [3.05, 3.63) is 0 Å². The fourth-order valence-corrected chi connectivity index (χ4v) is 1.35. The van der Waals surface area contributed by atoms with Crippen LogP contribution in [0.4, 0.5) is 0 Å². The molecule has 0 amide bonds. The molecule has 2 nitrogen and oxygen atoms in total. The van der Waals surface area contributed by atoms with Gasteiger partial charge in [-0.1, -0.05) is 39.0 Å². The van der Waals surface area contributed by atoms with Crippen LogP contribution in [0.15, 0.2) is 0 Å². The predicted octanol–water partition coefficient (Wildman–Crippen LogP) is 3.21. The van der Waals surface area contributed by atoms with Gasteiger partial charge in [0.2, 0.25) is 0 Å². The standard InChI is InChI=1S/C11H21O2/c1-3-4-5-6-7-8-9-11(2)13-10-12/h11H,3-9H2,1-2H3. The molecular formula is C11H21O2. The van der Waals surface area contributed by atoms with Gasteiger partial charge in [0.05, 0.1) is 6.10 Å². The number of hydrogen-bond donors (Lipinski definition) is 0. The largest absolute Gasteiger partial charge is 0.454 e. The van der Waals surface area contributed by atoms with Crippen LogP contribution in [-0.4, -0.2) is 12.6 Å². The summed E-state index contributed by atoms with van der Waals surface area (Å²) in [5, 5.41) is 0. The van der Waals surface area contributed by atoms with Crippen molar-refractivity contribution in [1.82, 2.24) is 0 Å². The Bertz CT molecular complexity index is 113. The van der Waals surface area contributed by atoms with Gasteiger partial charge in [0.1, 0.15) is 0 Å². The molecule has 0 rings (SSSR count). The third-order valence-electron chi connectivity index (χ3n) is 2.21. The number of ether oxygens (including phenoxy) is 1. The molecule has 0 bridgehead atoms. The second kappa shape index (κ2) is 9.56. The van der Waals surface area contributed by atoms with Gasteiger partial charge >= 0.3 is 6.47 Å². The van der Waals surface area contributed by atoms with E-state index < -0.39 is 0 Å². The summed E-state index contributed by atoms with van der Waals surface area (Å²) in [6, 6.07) is 0. The van der Waals surface area contributed by atoms with Crippen molar-refractivity contribution in [3.63, 3.8) is 0 Å². The van der Waals surface area contributed by atoms with Crippen LogP contribution in [0.5, 0.6) is 0 Å². The maximum atomic E-state index is 9.84. The lowest BCUT2D eigenvalue weighted by Gasteiger charge is -2.07. The molecule has 13 heavy (non-hydrogen) atoms. The number of hydrogen-bond acceptors (Lipinski definition) is 2. The first kappa shape index (κ1) is 12.5. The molecule has 1 unspecified atom stereocenters. The minimum Gasteiger partial charge on any atom is -0.454 e. The third-order valence-corrected chi connectivity index (χ3v) is 2.21. The summed E-state index contributed by atoms with van der Waals surface area (Å²) < 4.78 is 4.66. The molecule has 0 spiro atoms. The van der Waals surface area contributed by atoms with Crippen molar-refractivity contribution < 1.29 is 9.53 Å². The lowest BCUT2D eigenvalue weighted by molar-refractivity contribution is 0.181. The molecule has 77 valence electrons. The van der Waals surface area contributed by atoms with Gasteiger partial charge in [-0.15, -0.1) is 0 Å². The highest BCUT2D eigenvalue weighted by atomic mass is 16.5. The highest BCUT2D eigenvalue weighted by Gasteiger charge is 2.00. The van der Waals surface area contributed by atoms with Gasteiger partial charge in [-0.25, -0.2) is 4.79 Å². The van der Waals surface area contributed by atoms with Crippen molar-refractivity contribution in [2.45, 2.75) is 64.9 Å². The fourth-order valence-electron chi connectivity index (χ4n) is 1.35. The van der Waals surface area contributed by atoms with Gasteiger partial charge in [0.25, 0.3) is 0 Å². The van der Waals surface area contributed by atoms with Gasteiger partial charge < -0.3 is 4.74 Å². The molecule has 0 aromatic heterocycles. The van der Waals surface area contributed by atoms with Gasteiger partial charge in [-0.3, -0.25) is 0 Å². The molecule has 0 aliphatic rings. The Labute approximate surface area is 81.7 Å². The molecule has 0 aliphatic heterocycles. The van der Waals surface area contributed by atoms with Crippen molar-refractivity contribution in [1.29, 1.82) is 0 Å². The van der Waals surface area contributed by atoms with Crippen LogP contribution in [-0.2, 0) is 9.53 Å². The number of carbonyl (C=O) groups excluding carboxylic acids is 1. The van der Waals surface area contributed by atoms with Gasteiger partial charge in [-0.2, -0.15) is 0 Å². The highest BCUT2D eigenvalue weighted by Crippen LogP contribution is 2.09. The maximum absolute atomic E-state index is 9.84. The average molecular weight is 185 g/mol. The molecular weight excluding hydrogens is 164 g/mol. The minimum atomic E-state index is 0.0451. The molecule has 1 atom stereocenters. The Balaban J connectivity index is 3.01. The maximum Gasteiger partial charge on any atom is 0.417 e. The monoisotopic (exact) mass is 185 g/mol. The van der Waals surface area contributed by atoms with E-state index in [-0.39, 0.29) is 6.10 Å². The van der Waals surface area contributed by atoms with Crippen molar-refractivity contribution >= 4 is 6.47 Å². The summed E-state index contributed by atoms with van der Waals surface area (Å²) in [4.78, 5) is 9.84. The second-order valence-corrected chi connectivity index (χ2v) is 3.57. The van der Waals surface area contributed by atoms with E-state index in [0.29, 0.717) is 0 Å². The first-order valence-corrected chi connectivity index (χ1v) is 5.34. The summed E-state index contributed by atoms with van der Waals surface area (Å²) in [5.74, 6) is 0. The van der Waals surface area contributed by atoms with E-state index in [1.807, 2.05) is 6.92 Å². The summed E-state index contributed by atoms with van der Waals surface area (Å²) in [7, 11) is 0. The Kier molecular flexibility index (Phi) is 9.17. The van der Waals surface area contributed by atoms with E-state index in [0.717, 1.165) is 12.8 Å². The lowest BCUT2D eigenvalue weighted by Crippen LogP contribution is -2.05. The normalized spacial score (nSPS) is 12.5. The Morgan fingerprint density at radius 1 is 1.15 bits per heavy atom. The van der Waals surface area contributed by atoms with E-state index in [1.165, 1.54) is 38.6 Å². The van der Waals surface area contributed by atoms with Crippen LogP contribution in [0.2, 0.25) is 0 Å². The summed E-state index contributed by atoms with van der Waals surface area (Å²) in [6.45, 7) is 5.61. The van der Waals surface area contributed by atoms with E-state index in [9.17, 15) is 4.79 Å². The zero-order valence-electron chi connectivity index (χ0n) is 8.84. The van der Waals surface area contributed by atoms with E-state index in [1.54, 1.807) is 0 Å². The summed E-state index contributed by atoms with van der Waals surface area (Å²) in [6.07, 6.45) is 8.72. The van der Waals surface area contributed by atoms with E-state index in [4.69, 9.17) is 0 Å². The van der Waals surface area contributed by atoms with Crippen LogP contribution in [0.1, 0.15) is 58.8 Å². The number of rotatable bonds is 9. The quantitative estimate of drug-likeness (QED) is 0.515. The van der Waals surface area contributed by atoms with Crippen molar-refractivity contribution in [3.8, 4) is 0 Å². The van der Waals surface area contributed by atoms with E-state index in [2.05, 4.69) is 11.7 Å². The second-order valence-electron chi connectivity index (χ2n) is 3.57. The van der Waals surface area contributed by atoms with Gasteiger partial charge in [0, 0.05) is 0 Å². The Hall–Kier alpha value is -0.530. The van der Waals surface area contributed by atoms with Crippen LogP contribution >= 0.6 is 0 Å². The van der Waals surface area contributed by atoms with Gasteiger partial charge in [0.15, 0.2) is 0 Å². The van der Waals surface area contributed by atoms with Crippen LogP contribution < -0.4 is 0 Å². The smallest absolute Gasteiger partial charge is 0.417 e. The van der Waals surface area contributed by atoms with Crippen molar-refractivity contribution in [2.75, 3.05) is 0 Å². The highest BCUT2D eigenvalue weighted by molar-refractivity contribution is 5.38. The Morgan fingerprint density at radius 2 is 1.77 bits per heavy atom. The molecule has 0 saturated heterocycles. The minimum absolute atomic E-state index is 0.0451. The zero-order valence-corrected chi connectivity index (χ0v) is 8.84. The molecule has 0 aliphatic carbocycles. The molecule has 0 saturated carbocycles. The molecule has 0 aromatic carbocycles. The molecule has 0 fully saturated rings. The zero-order chi connectivity index (χ0) is 9.94. The lowest BCUT2D eigenvalue weighted by atomic mass is 10.1. The molecule has 1 radical (unpaired) electrons. The Morgan fingerprint density at radius 3 is 2.38 bits per heavy atom. The summed E-state index contributed by atoms with van der Waals surface area (Å²) >= 11 is 0. The first-order chi connectivity index (χ1) is 6.31. The summed E-state index contributed by atoms with van der Waals surface area (Å²) in [5.41, 5.74) is 0. The van der Waals surface area contributed by atoms with Crippen LogP contribution in [0.25, 0.3) is 0 Å². The molecule has 0 N–H and O–H groups in total. The topological polar surface area (TPSA) is 26.3 Å². The molecule has 2 heteroatoms. The third kappa shape index (κ3) is 9.38. The molecule has 0 heterocycles. The fraction of sp³-hybridized carbons (Fsp3) is 0.909. The van der Waals surface area contributed by atoms with E-state index >= 15 is 0 Å². The first-order valence-electron chi connectivity index (χ1n) is 5.34. The molecule has 0 aromatic rings. The van der Waals surface area contributed by atoms with Crippen LogP contribution in [0, 0.1) is 0 Å². The number of unbranched alkanes of at least 4 members (excludes halogenated alkanes) is 5. The predicted molar refractivity (Wildman–Crippen MR) is 54.2 cm³/mol. The average Bonchev–Trinajstić information content (AvgIpc) is 2.11. The SMILES string of the molecule is CCCCCCCCC(C)O[C]=O.